The average molecular weight is 281 g/mol. The standard InChI is InChI=1S/C16H15N3O2/c1-12-8-13(4-2-3-7-20)10-14(9-12)19-16(21)15-11-17-5-6-18-15/h5-6,8-11,20H,3,7H2,1H3,(H,19,21). The smallest absolute Gasteiger partial charge is 0.275 e. The number of aryl methyl sites for hydroxylation is 1. The third kappa shape index (κ3) is 4.41. The molecule has 0 aliphatic heterocycles. The number of aliphatic hydroxyl groups is 1. The molecule has 0 fully saturated rings. The maximum absolute atomic E-state index is 12.0. The van der Waals surface area contributed by atoms with Crippen LogP contribution in [-0.4, -0.2) is 27.6 Å². The van der Waals surface area contributed by atoms with Crippen molar-refractivity contribution in [3.8, 4) is 11.8 Å². The lowest BCUT2D eigenvalue weighted by molar-refractivity contribution is 0.102. The van der Waals surface area contributed by atoms with Gasteiger partial charge < -0.3 is 10.4 Å². The fourth-order valence-electron chi connectivity index (χ4n) is 1.76. The van der Waals surface area contributed by atoms with Crippen molar-refractivity contribution >= 4 is 11.6 Å². The first-order valence-electron chi connectivity index (χ1n) is 6.48. The molecular weight excluding hydrogens is 266 g/mol. The zero-order chi connectivity index (χ0) is 15.1. The van der Waals surface area contributed by atoms with Crippen molar-refractivity contribution in [1.29, 1.82) is 0 Å². The van der Waals surface area contributed by atoms with Crippen LogP contribution in [0.1, 0.15) is 28.0 Å². The van der Waals surface area contributed by atoms with E-state index in [-0.39, 0.29) is 18.2 Å². The van der Waals surface area contributed by atoms with E-state index in [0.29, 0.717) is 12.1 Å². The number of nitrogens with zero attached hydrogens (tertiary/aromatic N) is 2. The number of rotatable bonds is 3. The molecule has 0 bridgehead atoms. The highest BCUT2D eigenvalue weighted by Gasteiger charge is 2.07. The van der Waals surface area contributed by atoms with E-state index in [1.165, 1.54) is 18.6 Å². The largest absolute Gasteiger partial charge is 0.395 e. The number of anilines is 1. The van der Waals surface area contributed by atoms with E-state index in [0.717, 1.165) is 11.1 Å². The Hall–Kier alpha value is -2.71. The quantitative estimate of drug-likeness (QED) is 0.841. The fourth-order valence-corrected chi connectivity index (χ4v) is 1.76. The topological polar surface area (TPSA) is 75.1 Å². The number of carbonyl (C=O) groups excluding carboxylic acids is 1. The number of hydrogen-bond donors (Lipinski definition) is 2. The summed E-state index contributed by atoms with van der Waals surface area (Å²) in [5.41, 5.74) is 2.68. The maximum atomic E-state index is 12.0. The highest BCUT2D eigenvalue weighted by atomic mass is 16.2. The van der Waals surface area contributed by atoms with Crippen molar-refractivity contribution in [2.45, 2.75) is 13.3 Å². The summed E-state index contributed by atoms with van der Waals surface area (Å²) in [6.07, 6.45) is 4.82. The Balaban J connectivity index is 2.17. The molecule has 0 radical (unpaired) electrons. The molecule has 0 saturated carbocycles. The number of hydrogen-bond acceptors (Lipinski definition) is 4. The normalized spacial score (nSPS) is 9.62. The molecule has 2 N–H and O–H groups in total. The summed E-state index contributed by atoms with van der Waals surface area (Å²) in [7, 11) is 0. The van der Waals surface area contributed by atoms with Gasteiger partial charge in [0, 0.05) is 30.1 Å². The number of amides is 1. The number of benzene rings is 1. The molecule has 0 atom stereocenters. The van der Waals surface area contributed by atoms with Crippen LogP contribution >= 0.6 is 0 Å². The second-order valence-corrected chi connectivity index (χ2v) is 4.41. The van der Waals surface area contributed by atoms with Gasteiger partial charge in [0.25, 0.3) is 5.91 Å². The van der Waals surface area contributed by atoms with Crippen molar-refractivity contribution < 1.29 is 9.90 Å². The van der Waals surface area contributed by atoms with Gasteiger partial charge in [-0.05, 0) is 30.7 Å². The molecule has 1 heterocycles. The molecule has 1 aromatic carbocycles. The number of aliphatic hydroxyl groups excluding tert-OH is 1. The van der Waals surface area contributed by atoms with Crippen LogP contribution in [0.25, 0.3) is 0 Å². The molecule has 0 unspecified atom stereocenters. The molecular formula is C16H15N3O2. The molecule has 0 aliphatic carbocycles. The molecule has 106 valence electrons. The summed E-state index contributed by atoms with van der Waals surface area (Å²) in [6, 6.07) is 5.56. The van der Waals surface area contributed by atoms with Crippen molar-refractivity contribution in [2.75, 3.05) is 11.9 Å². The third-order valence-electron chi connectivity index (χ3n) is 2.60. The maximum Gasteiger partial charge on any atom is 0.275 e. The van der Waals surface area contributed by atoms with E-state index in [2.05, 4.69) is 27.1 Å². The lowest BCUT2D eigenvalue weighted by Crippen LogP contribution is -2.14. The monoisotopic (exact) mass is 281 g/mol. The first kappa shape index (κ1) is 14.7. The van der Waals surface area contributed by atoms with Crippen LogP contribution in [0, 0.1) is 18.8 Å². The minimum atomic E-state index is -0.317. The molecule has 1 aromatic heterocycles. The van der Waals surface area contributed by atoms with Crippen LogP contribution in [0.4, 0.5) is 5.69 Å². The summed E-state index contributed by atoms with van der Waals surface area (Å²) in [6.45, 7) is 1.96. The Morgan fingerprint density at radius 3 is 2.90 bits per heavy atom. The van der Waals surface area contributed by atoms with Crippen LogP contribution < -0.4 is 5.32 Å². The van der Waals surface area contributed by atoms with Crippen LogP contribution in [0.3, 0.4) is 0 Å². The van der Waals surface area contributed by atoms with Crippen LogP contribution in [-0.2, 0) is 0 Å². The van der Waals surface area contributed by atoms with E-state index in [1.54, 1.807) is 6.07 Å². The van der Waals surface area contributed by atoms with Gasteiger partial charge in [0.2, 0.25) is 0 Å². The number of aromatic nitrogens is 2. The van der Waals surface area contributed by atoms with Gasteiger partial charge in [-0.2, -0.15) is 0 Å². The van der Waals surface area contributed by atoms with Gasteiger partial charge in [0.15, 0.2) is 0 Å². The minimum Gasteiger partial charge on any atom is -0.395 e. The van der Waals surface area contributed by atoms with E-state index in [9.17, 15) is 4.79 Å². The predicted octanol–water partition coefficient (Wildman–Crippen LogP) is 1.77. The fraction of sp³-hybridized carbons (Fsp3) is 0.188. The average Bonchev–Trinajstić information content (AvgIpc) is 2.48. The second-order valence-electron chi connectivity index (χ2n) is 4.41. The molecule has 5 nitrogen and oxygen atoms in total. The van der Waals surface area contributed by atoms with Gasteiger partial charge in [-0.25, -0.2) is 4.98 Å². The first-order valence-corrected chi connectivity index (χ1v) is 6.48. The summed E-state index contributed by atoms with van der Waals surface area (Å²) >= 11 is 0. The van der Waals surface area contributed by atoms with Gasteiger partial charge >= 0.3 is 0 Å². The highest BCUT2D eigenvalue weighted by molar-refractivity contribution is 6.02. The van der Waals surface area contributed by atoms with Crippen LogP contribution in [0.15, 0.2) is 36.8 Å². The Labute approximate surface area is 123 Å². The third-order valence-corrected chi connectivity index (χ3v) is 2.60. The first-order chi connectivity index (χ1) is 10.2. The zero-order valence-corrected chi connectivity index (χ0v) is 11.6. The summed E-state index contributed by atoms with van der Waals surface area (Å²) in [5, 5.41) is 11.5. The van der Waals surface area contributed by atoms with Gasteiger partial charge in [-0.3, -0.25) is 9.78 Å². The Bertz CT molecular complexity index is 688. The van der Waals surface area contributed by atoms with E-state index >= 15 is 0 Å². The molecule has 0 aliphatic rings. The number of nitrogens with one attached hydrogen (secondary N) is 1. The van der Waals surface area contributed by atoms with Crippen LogP contribution in [0.2, 0.25) is 0 Å². The van der Waals surface area contributed by atoms with Crippen molar-refractivity contribution in [3.05, 3.63) is 53.6 Å². The molecule has 1 amide bonds. The van der Waals surface area contributed by atoms with Crippen molar-refractivity contribution in [2.24, 2.45) is 0 Å². The Morgan fingerprint density at radius 2 is 2.19 bits per heavy atom. The number of carbonyl (C=O) groups is 1. The Kier molecular flexibility index (Phi) is 5.02. The molecule has 0 spiro atoms. The summed E-state index contributed by atoms with van der Waals surface area (Å²) < 4.78 is 0. The zero-order valence-electron chi connectivity index (χ0n) is 11.6. The predicted molar refractivity (Wildman–Crippen MR) is 79.7 cm³/mol. The molecule has 0 saturated heterocycles. The summed E-state index contributed by atoms with van der Waals surface area (Å²) in [5.74, 6) is 5.49. The minimum absolute atomic E-state index is 0.0368. The molecule has 21 heavy (non-hydrogen) atoms. The lowest BCUT2D eigenvalue weighted by atomic mass is 10.1. The van der Waals surface area contributed by atoms with Crippen LogP contribution in [0.5, 0.6) is 0 Å². The van der Waals surface area contributed by atoms with Gasteiger partial charge in [-0.1, -0.05) is 11.8 Å². The van der Waals surface area contributed by atoms with Crippen molar-refractivity contribution in [1.82, 2.24) is 9.97 Å². The molecule has 2 rings (SSSR count). The second kappa shape index (κ2) is 7.17. The highest BCUT2D eigenvalue weighted by Crippen LogP contribution is 2.14. The molecule has 2 aromatic rings. The van der Waals surface area contributed by atoms with E-state index in [1.807, 2.05) is 19.1 Å². The molecule has 5 heteroatoms. The van der Waals surface area contributed by atoms with Gasteiger partial charge in [0.05, 0.1) is 12.8 Å². The SMILES string of the molecule is Cc1cc(C#CCCO)cc(NC(=O)c2cnccn2)c1. The lowest BCUT2D eigenvalue weighted by Gasteiger charge is -2.06. The van der Waals surface area contributed by atoms with E-state index < -0.39 is 0 Å². The van der Waals surface area contributed by atoms with E-state index in [4.69, 9.17) is 5.11 Å². The summed E-state index contributed by atoms with van der Waals surface area (Å²) in [4.78, 5) is 19.8. The van der Waals surface area contributed by atoms with Gasteiger partial charge in [-0.15, -0.1) is 0 Å². The van der Waals surface area contributed by atoms with Gasteiger partial charge in [0.1, 0.15) is 5.69 Å². The van der Waals surface area contributed by atoms with Crippen molar-refractivity contribution in [3.63, 3.8) is 0 Å². The Morgan fingerprint density at radius 1 is 1.33 bits per heavy atom.